The first-order chi connectivity index (χ1) is 8.78. The zero-order chi connectivity index (χ0) is 13.0. The molecule has 0 aromatic heterocycles. The monoisotopic (exact) mass is 248 g/mol. The van der Waals surface area contributed by atoms with Crippen molar-refractivity contribution >= 4 is 0 Å². The number of benzene rings is 1. The van der Waals surface area contributed by atoms with Gasteiger partial charge in [-0.3, -0.25) is 4.90 Å². The highest BCUT2D eigenvalue weighted by Crippen LogP contribution is 2.29. The second-order valence-electron chi connectivity index (χ2n) is 5.05. The van der Waals surface area contributed by atoms with E-state index in [4.69, 9.17) is 10.5 Å². The van der Waals surface area contributed by atoms with Crippen molar-refractivity contribution in [1.29, 1.82) is 0 Å². The van der Waals surface area contributed by atoms with Crippen molar-refractivity contribution in [3.63, 3.8) is 0 Å². The van der Waals surface area contributed by atoms with Crippen molar-refractivity contribution in [2.75, 3.05) is 13.7 Å². The van der Waals surface area contributed by atoms with Crippen LogP contribution in [-0.4, -0.2) is 24.6 Å². The lowest BCUT2D eigenvalue weighted by Gasteiger charge is -2.21. The van der Waals surface area contributed by atoms with Gasteiger partial charge in [-0.15, -0.1) is 0 Å². The number of nitrogens with two attached hydrogens (primary N) is 1. The summed E-state index contributed by atoms with van der Waals surface area (Å²) in [5, 5.41) is 0. The fraction of sp³-hybridized carbons (Fsp3) is 0.600. The third-order valence-electron chi connectivity index (χ3n) is 3.53. The van der Waals surface area contributed by atoms with Gasteiger partial charge in [0.25, 0.3) is 0 Å². The van der Waals surface area contributed by atoms with Gasteiger partial charge in [-0.2, -0.15) is 0 Å². The van der Waals surface area contributed by atoms with E-state index in [9.17, 15) is 0 Å². The van der Waals surface area contributed by atoms with E-state index >= 15 is 0 Å². The third-order valence-corrected chi connectivity index (χ3v) is 3.53. The molecule has 0 amide bonds. The van der Waals surface area contributed by atoms with Crippen LogP contribution in [0, 0.1) is 0 Å². The molecule has 3 heteroatoms. The Morgan fingerprint density at radius 2 is 2.17 bits per heavy atom. The summed E-state index contributed by atoms with van der Waals surface area (Å²) in [6.07, 6.45) is 3.94. The van der Waals surface area contributed by atoms with Gasteiger partial charge in [-0.05, 0) is 37.4 Å². The molecule has 0 bridgehead atoms. The molecule has 2 rings (SSSR count). The number of methoxy groups -OCH3 is 1. The van der Waals surface area contributed by atoms with Crippen LogP contribution < -0.4 is 10.5 Å². The Labute approximate surface area is 110 Å². The van der Waals surface area contributed by atoms with Crippen LogP contribution in [0.3, 0.4) is 0 Å². The Morgan fingerprint density at radius 3 is 2.72 bits per heavy atom. The molecule has 0 atom stereocenters. The van der Waals surface area contributed by atoms with Gasteiger partial charge in [0, 0.05) is 24.7 Å². The number of nitrogens with zero attached hydrogens (tertiary/aromatic N) is 1. The lowest BCUT2D eigenvalue weighted by Crippen LogP contribution is -2.26. The van der Waals surface area contributed by atoms with Crippen molar-refractivity contribution < 1.29 is 4.74 Å². The quantitative estimate of drug-likeness (QED) is 0.806. The topological polar surface area (TPSA) is 38.5 Å². The summed E-state index contributed by atoms with van der Waals surface area (Å²) in [4.78, 5) is 2.58. The maximum absolute atomic E-state index is 5.69. The molecule has 0 heterocycles. The van der Waals surface area contributed by atoms with Crippen molar-refractivity contribution in [1.82, 2.24) is 4.90 Å². The molecule has 1 aromatic carbocycles. The Hall–Kier alpha value is -1.06. The first-order valence-electron chi connectivity index (χ1n) is 6.88. The SMILES string of the molecule is CCCN(Cc1ccc(CN)c(OC)c1)C1CC1. The normalized spacial score (nSPS) is 15.1. The molecule has 3 nitrogen and oxygen atoms in total. The summed E-state index contributed by atoms with van der Waals surface area (Å²) in [6, 6.07) is 7.21. The van der Waals surface area contributed by atoms with E-state index in [2.05, 4.69) is 30.0 Å². The van der Waals surface area contributed by atoms with E-state index in [1.54, 1.807) is 7.11 Å². The van der Waals surface area contributed by atoms with E-state index in [0.717, 1.165) is 23.9 Å². The molecule has 1 saturated carbocycles. The summed E-state index contributed by atoms with van der Waals surface area (Å²) < 4.78 is 5.40. The fourth-order valence-corrected chi connectivity index (χ4v) is 2.41. The minimum atomic E-state index is 0.532. The molecule has 1 aliphatic carbocycles. The van der Waals surface area contributed by atoms with Crippen LogP contribution in [-0.2, 0) is 13.1 Å². The Bertz CT molecular complexity index is 388. The molecule has 1 fully saturated rings. The Morgan fingerprint density at radius 1 is 1.39 bits per heavy atom. The summed E-state index contributed by atoms with van der Waals surface area (Å²) in [7, 11) is 1.71. The van der Waals surface area contributed by atoms with Crippen LogP contribution in [0.2, 0.25) is 0 Å². The minimum Gasteiger partial charge on any atom is -0.496 e. The van der Waals surface area contributed by atoms with Crippen molar-refractivity contribution in [2.24, 2.45) is 5.73 Å². The fourth-order valence-electron chi connectivity index (χ4n) is 2.41. The second kappa shape index (κ2) is 6.21. The third kappa shape index (κ3) is 3.24. The highest BCUT2D eigenvalue weighted by Gasteiger charge is 2.28. The first-order valence-corrected chi connectivity index (χ1v) is 6.88. The molecule has 18 heavy (non-hydrogen) atoms. The molecule has 0 aliphatic heterocycles. The lowest BCUT2D eigenvalue weighted by molar-refractivity contribution is 0.255. The highest BCUT2D eigenvalue weighted by molar-refractivity contribution is 5.37. The molecular weight excluding hydrogens is 224 g/mol. The van der Waals surface area contributed by atoms with Gasteiger partial charge in [0.1, 0.15) is 5.75 Å². The number of ether oxygens (including phenoxy) is 1. The maximum atomic E-state index is 5.69. The standard InChI is InChI=1S/C15H24N2O/c1-3-8-17(14-6-7-14)11-12-4-5-13(10-16)15(9-12)18-2/h4-5,9,14H,3,6-8,10-11,16H2,1-2H3. The molecule has 0 unspecified atom stereocenters. The van der Waals surface area contributed by atoms with Gasteiger partial charge in [-0.1, -0.05) is 19.1 Å². The molecule has 0 radical (unpaired) electrons. The average Bonchev–Trinajstić information content (AvgIpc) is 3.22. The van der Waals surface area contributed by atoms with Crippen molar-refractivity contribution in [3.05, 3.63) is 29.3 Å². The molecule has 0 spiro atoms. The largest absolute Gasteiger partial charge is 0.496 e. The first kappa shape index (κ1) is 13.4. The highest BCUT2D eigenvalue weighted by atomic mass is 16.5. The van der Waals surface area contributed by atoms with Crippen LogP contribution in [0.1, 0.15) is 37.3 Å². The van der Waals surface area contributed by atoms with Gasteiger partial charge in [0.2, 0.25) is 0 Å². The van der Waals surface area contributed by atoms with Crippen LogP contribution in [0.4, 0.5) is 0 Å². The lowest BCUT2D eigenvalue weighted by atomic mass is 10.1. The second-order valence-corrected chi connectivity index (χ2v) is 5.05. The minimum absolute atomic E-state index is 0.532. The smallest absolute Gasteiger partial charge is 0.123 e. The predicted octanol–water partition coefficient (Wildman–Crippen LogP) is 2.53. The summed E-state index contributed by atoms with van der Waals surface area (Å²) in [6.45, 7) is 4.99. The van der Waals surface area contributed by atoms with E-state index in [1.807, 2.05) is 0 Å². The van der Waals surface area contributed by atoms with Crippen LogP contribution in [0.25, 0.3) is 0 Å². The van der Waals surface area contributed by atoms with Crippen molar-refractivity contribution in [3.8, 4) is 5.75 Å². The van der Waals surface area contributed by atoms with Gasteiger partial charge >= 0.3 is 0 Å². The molecule has 0 saturated heterocycles. The van der Waals surface area contributed by atoms with E-state index in [-0.39, 0.29) is 0 Å². The average molecular weight is 248 g/mol. The summed E-state index contributed by atoms with van der Waals surface area (Å²) in [5.74, 6) is 0.919. The summed E-state index contributed by atoms with van der Waals surface area (Å²) in [5.41, 5.74) is 8.10. The van der Waals surface area contributed by atoms with Crippen LogP contribution >= 0.6 is 0 Å². The van der Waals surface area contributed by atoms with Crippen LogP contribution in [0.15, 0.2) is 18.2 Å². The van der Waals surface area contributed by atoms with Gasteiger partial charge in [-0.25, -0.2) is 0 Å². The van der Waals surface area contributed by atoms with Crippen molar-refractivity contribution in [2.45, 2.75) is 45.3 Å². The van der Waals surface area contributed by atoms with E-state index < -0.39 is 0 Å². The molecular formula is C15H24N2O. The maximum Gasteiger partial charge on any atom is 0.123 e. The molecule has 1 aromatic rings. The van der Waals surface area contributed by atoms with Gasteiger partial charge in [0.15, 0.2) is 0 Å². The number of hydrogen-bond acceptors (Lipinski definition) is 3. The summed E-state index contributed by atoms with van der Waals surface area (Å²) >= 11 is 0. The van der Waals surface area contributed by atoms with Gasteiger partial charge < -0.3 is 10.5 Å². The molecule has 2 N–H and O–H groups in total. The van der Waals surface area contributed by atoms with Crippen LogP contribution in [0.5, 0.6) is 5.75 Å². The number of rotatable bonds is 7. The molecule has 1 aliphatic rings. The Balaban J connectivity index is 2.07. The zero-order valence-electron chi connectivity index (χ0n) is 11.5. The Kier molecular flexibility index (Phi) is 4.61. The predicted molar refractivity (Wildman–Crippen MR) is 74.6 cm³/mol. The van der Waals surface area contributed by atoms with E-state index in [1.165, 1.54) is 31.4 Å². The molecule has 100 valence electrons. The van der Waals surface area contributed by atoms with Gasteiger partial charge in [0.05, 0.1) is 7.11 Å². The number of hydrogen-bond donors (Lipinski definition) is 1. The zero-order valence-corrected chi connectivity index (χ0v) is 11.5. The van der Waals surface area contributed by atoms with E-state index in [0.29, 0.717) is 6.54 Å².